The smallest absolute Gasteiger partial charge is 0.257 e. The molecule has 4 heterocycles. The molecule has 8 heteroatoms. The van der Waals surface area contributed by atoms with Gasteiger partial charge in [-0.3, -0.25) is 4.79 Å². The molecule has 0 saturated carbocycles. The number of rotatable bonds is 4. The number of aromatic nitrogens is 4. The summed E-state index contributed by atoms with van der Waals surface area (Å²) in [5, 5.41) is 3.20. The summed E-state index contributed by atoms with van der Waals surface area (Å²) in [6.07, 6.45) is 11.3. The van der Waals surface area contributed by atoms with E-state index in [4.69, 9.17) is 4.74 Å². The zero-order chi connectivity index (χ0) is 18.7. The van der Waals surface area contributed by atoms with Crippen LogP contribution in [0.3, 0.4) is 0 Å². The first-order valence-electron chi connectivity index (χ1n) is 9.36. The van der Waals surface area contributed by atoms with Crippen LogP contribution in [-0.2, 0) is 4.74 Å². The third-order valence-corrected chi connectivity index (χ3v) is 5.60. The lowest BCUT2D eigenvalue weighted by atomic mass is 9.80. The van der Waals surface area contributed by atoms with Crippen LogP contribution in [0.1, 0.15) is 48.1 Å². The Hall–Kier alpha value is -2.61. The maximum absolute atomic E-state index is 12.8. The second kappa shape index (κ2) is 7.56. The molecule has 2 saturated heterocycles. The lowest BCUT2D eigenvalue weighted by Gasteiger charge is -2.33. The highest BCUT2D eigenvalue weighted by Crippen LogP contribution is 2.40. The second-order valence-corrected chi connectivity index (χ2v) is 7.42. The third kappa shape index (κ3) is 3.90. The Morgan fingerprint density at radius 3 is 2.56 bits per heavy atom. The topological polar surface area (TPSA) is 93.1 Å². The summed E-state index contributed by atoms with van der Waals surface area (Å²) < 4.78 is 5.48. The molecule has 2 aromatic heterocycles. The molecule has 2 fully saturated rings. The Kier molecular flexibility index (Phi) is 4.98. The average molecular weight is 368 g/mol. The van der Waals surface area contributed by atoms with Gasteiger partial charge in [0.25, 0.3) is 5.91 Å². The van der Waals surface area contributed by atoms with Crippen LogP contribution in [0.5, 0.6) is 0 Å². The van der Waals surface area contributed by atoms with Crippen molar-refractivity contribution in [2.45, 2.75) is 32.2 Å². The van der Waals surface area contributed by atoms with E-state index in [1.165, 1.54) is 6.33 Å². The summed E-state index contributed by atoms with van der Waals surface area (Å²) in [6.45, 7) is 5.19. The van der Waals surface area contributed by atoms with Gasteiger partial charge in [-0.05, 0) is 31.6 Å². The van der Waals surface area contributed by atoms with E-state index in [1.54, 1.807) is 24.8 Å². The van der Waals surface area contributed by atoms with Gasteiger partial charge in [-0.2, -0.15) is 0 Å². The molecular formula is C19H24N6O2. The lowest BCUT2D eigenvalue weighted by Crippen LogP contribution is -2.35. The minimum absolute atomic E-state index is 0.00873. The third-order valence-electron chi connectivity index (χ3n) is 5.60. The van der Waals surface area contributed by atoms with Gasteiger partial charge in [0.15, 0.2) is 0 Å². The van der Waals surface area contributed by atoms with Crippen LogP contribution < -0.4 is 5.32 Å². The normalized spacial score (nSPS) is 19.8. The summed E-state index contributed by atoms with van der Waals surface area (Å²) in [7, 11) is 0. The standard InChI is InChI=1S/C19H24N6O2/c1-14(15-8-20-13-21-9-15)24-18-22-10-16(11-23-18)17(26)25-5-2-19(12-25)3-6-27-7-4-19/h8-11,13-14H,2-7,12H2,1H3,(H,22,23,24). The number of carbonyl (C=O) groups is 1. The van der Waals surface area contributed by atoms with E-state index in [2.05, 4.69) is 25.3 Å². The van der Waals surface area contributed by atoms with E-state index in [1.807, 2.05) is 11.8 Å². The number of hydrogen-bond acceptors (Lipinski definition) is 7. The van der Waals surface area contributed by atoms with Crippen molar-refractivity contribution < 1.29 is 9.53 Å². The minimum Gasteiger partial charge on any atom is -0.381 e. The molecule has 1 amide bonds. The van der Waals surface area contributed by atoms with Crippen LogP contribution in [0, 0.1) is 5.41 Å². The SMILES string of the molecule is CC(Nc1ncc(C(=O)N2CCC3(CCOCC3)C2)cn1)c1cncnc1. The van der Waals surface area contributed by atoms with E-state index >= 15 is 0 Å². The predicted molar refractivity (Wildman–Crippen MR) is 99.1 cm³/mol. The first-order chi connectivity index (χ1) is 13.2. The highest BCUT2D eigenvalue weighted by Gasteiger charge is 2.41. The Labute approximate surface area is 158 Å². The number of amides is 1. The van der Waals surface area contributed by atoms with Crippen molar-refractivity contribution in [3.05, 3.63) is 42.2 Å². The number of anilines is 1. The van der Waals surface area contributed by atoms with Crippen molar-refractivity contribution in [3.63, 3.8) is 0 Å². The van der Waals surface area contributed by atoms with Crippen LogP contribution in [0.25, 0.3) is 0 Å². The van der Waals surface area contributed by atoms with Gasteiger partial charge in [0.2, 0.25) is 5.95 Å². The van der Waals surface area contributed by atoms with Crippen LogP contribution in [0.2, 0.25) is 0 Å². The molecule has 0 aliphatic carbocycles. The first-order valence-corrected chi connectivity index (χ1v) is 9.36. The monoisotopic (exact) mass is 368 g/mol. The molecule has 1 N–H and O–H groups in total. The Morgan fingerprint density at radius 1 is 1.15 bits per heavy atom. The molecule has 0 radical (unpaired) electrons. The van der Waals surface area contributed by atoms with Crippen LogP contribution in [0.15, 0.2) is 31.1 Å². The fraction of sp³-hybridized carbons (Fsp3) is 0.526. The maximum atomic E-state index is 12.8. The summed E-state index contributed by atoms with van der Waals surface area (Å²) in [5.74, 6) is 0.486. The summed E-state index contributed by atoms with van der Waals surface area (Å²) >= 11 is 0. The number of likely N-dealkylation sites (tertiary alicyclic amines) is 1. The highest BCUT2D eigenvalue weighted by atomic mass is 16.5. The largest absolute Gasteiger partial charge is 0.381 e. The molecule has 2 aromatic rings. The minimum atomic E-state index is -0.0280. The summed E-state index contributed by atoms with van der Waals surface area (Å²) in [6, 6.07) is -0.0280. The van der Waals surface area contributed by atoms with Gasteiger partial charge < -0.3 is 15.0 Å². The highest BCUT2D eigenvalue weighted by molar-refractivity contribution is 5.94. The van der Waals surface area contributed by atoms with Gasteiger partial charge in [-0.1, -0.05) is 0 Å². The van der Waals surface area contributed by atoms with Crippen molar-refractivity contribution in [1.82, 2.24) is 24.8 Å². The van der Waals surface area contributed by atoms with Crippen molar-refractivity contribution in [2.75, 3.05) is 31.6 Å². The zero-order valence-electron chi connectivity index (χ0n) is 15.5. The molecule has 2 aliphatic rings. The second-order valence-electron chi connectivity index (χ2n) is 7.42. The van der Waals surface area contributed by atoms with Gasteiger partial charge in [0, 0.05) is 56.7 Å². The first kappa shape index (κ1) is 17.8. The molecule has 0 aromatic carbocycles. The zero-order valence-corrected chi connectivity index (χ0v) is 15.5. The lowest BCUT2D eigenvalue weighted by molar-refractivity contribution is 0.0191. The molecule has 142 valence electrons. The van der Waals surface area contributed by atoms with E-state index in [0.29, 0.717) is 11.5 Å². The van der Waals surface area contributed by atoms with E-state index in [0.717, 1.165) is 51.1 Å². The molecule has 4 rings (SSSR count). The van der Waals surface area contributed by atoms with Gasteiger partial charge in [0.05, 0.1) is 11.6 Å². The fourth-order valence-corrected chi connectivity index (χ4v) is 3.83. The number of nitrogens with one attached hydrogen (secondary N) is 1. The van der Waals surface area contributed by atoms with Gasteiger partial charge >= 0.3 is 0 Å². The Balaban J connectivity index is 1.38. The summed E-state index contributed by atoms with van der Waals surface area (Å²) in [5.41, 5.74) is 1.71. The quantitative estimate of drug-likeness (QED) is 0.883. The van der Waals surface area contributed by atoms with Crippen molar-refractivity contribution in [1.29, 1.82) is 0 Å². The van der Waals surface area contributed by atoms with Crippen LogP contribution in [-0.4, -0.2) is 57.0 Å². The molecule has 8 nitrogen and oxygen atoms in total. The number of carbonyl (C=O) groups excluding carboxylic acids is 1. The van der Waals surface area contributed by atoms with Crippen LogP contribution in [0.4, 0.5) is 5.95 Å². The van der Waals surface area contributed by atoms with Crippen molar-refractivity contribution >= 4 is 11.9 Å². The predicted octanol–water partition coefficient (Wildman–Crippen LogP) is 2.08. The average Bonchev–Trinajstić information content (AvgIpc) is 3.12. The van der Waals surface area contributed by atoms with E-state index < -0.39 is 0 Å². The summed E-state index contributed by atoms with van der Waals surface area (Å²) in [4.78, 5) is 31.4. The van der Waals surface area contributed by atoms with E-state index in [-0.39, 0.29) is 17.4 Å². The Morgan fingerprint density at radius 2 is 1.85 bits per heavy atom. The number of ether oxygens (including phenoxy) is 1. The Bertz CT molecular complexity index is 777. The van der Waals surface area contributed by atoms with E-state index in [9.17, 15) is 4.79 Å². The molecule has 1 unspecified atom stereocenters. The number of hydrogen-bond donors (Lipinski definition) is 1. The molecule has 2 aliphatic heterocycles. The molecule has 1 spiro atoms. The van der Waals surface area contributed by atoms with Crippen molar-refractivity contribution in [3.8, 4) is 0 Å². The van der Waals surface area contributed by atoms with Gasteiger partial charge in [-0.15, -0.1) is 0 Å². The molecular weight excluding hydrogens is 344 g/mol. The van der Waals surface area contributed by atoms with Gasteiger partial charge in [-0.25, -0.2) is 19.9 Å². The van der Waals surface area contributed by atoms with Crippen molar-refractivity contribution in [2.24, 2.45) is 5.41 Å². The van der Waals surface area contributed by atoms with Gasteiger partial charge in [0.1, 0.15) is 6.33 Å². The molecule has 1 atom stereocenters. The maximum Gasteiger partial charge on any atom is 0.257 e. The number of nitrogens with zero attached hydrogens (tertiary/aromatic N) is 5. The fourth-order valence-electron chi connectivity index (χ4n) is 3.83. The molecule has 27 heavy (non-hydrogen) atoms. The molecule has 0 bridgehead atoms. The van der Waals surface area contributed by atoms with Crippen LogP contribution >= 0.6 is 0 Å².